The predicted octanol–water partition coefficient (Wildman–Crippen LogP) is 2.89. The molecule has 1 atom stereocenters. The van der Waals surface area contributed by atoms with Crippen LogP contribution in [-0.4, -0.2) is 20.7 Å². The molecule has 1 aliphatic heterocycles. The summed E-state index contributed by atoms with van der Waals surface area (Å²) in [5.74, 6) is 0.370. The van der Waals surface area contributed by atoms with Crippen LogP contribution in [0.1, 0.15) is 6.92 Å². The number of hydrogen-bond acceptors (Lipinski definition) is 2. The topological polar surface area (TPSA) is 37.4 Å². The fourth-order valence-electron chi connectivity index (χ4n) is 1.83. The first kappa shape index (κ1) is 12.2. The molecule has 0 amide bonds. The van der Waals surface area contributed by atoms with Gasteiger partial charge >= 0.3 is 0 Å². The van der Waals surface area contributed by atoms with Crippen molar-refractivity contribution in [2.75, 3.05) is 16.6 Å². The van der Waals surface area contributed by atoms with E-state index in [1.807, 2.05) is 6.92 Å². The molecular formula is C10H11BrClNO2S. The van der Waals surface area contributed by atoms with Crippen LogP contribution in [0.25, 0.3) is 0 Å². The van der Waals surface area contributed by atoms with Crippen LogP contribution in [0.3, 0.4) is 0 Å². The Hall–Kier alpha value is -0.260. The van der Waals surface area contributed by atoms with Gasteiger partial charge in [-0.15, -0.1) is 0 Å². The molecular weight excluding hydrogens is 314 g/mol. The maximum absolute atomic E-state index is 11.9. The Morgan fingerprint density at radius 3 is 2.69 bits per heavy atom. The molecule has 0 aliphatic carbocycles. The van der Waals surface area contributed by atoms with E-state index in [1.54, 1.807) is 18.2 Å². The summed E-state index contributed by atoms with van der Waals surface area (Å²) in [5.41, 5.74) is 0.661. The van der Waals surface area contributed by atoms with Crippen molar-refractivity contribution in [3.63, 3.8) is 0 Å². The summed E-state index contributed by atoms with van der Waals surface area (Å²) < 4.78 is 25.9. The smallest absolute Gasteiger partial charge is 0.235 e. The molecule has 1 saturated heterocycles. The van der Waals surface area contributed by atoms with Crippen molar-refractivity contribution in [2.24, 2.45) is 5.92 Å². The lowest BCUT2D eigenvalue weighted by molar-refractivity contribution is 0.598. The maximum Gasteiger partial charge on any atom is 0.235 e. The molecule has 6 heteroatoms. The lowest BCUT2D eigenvalue weighted by Crippen LogP contribution is -2.25. The minimum Gasteiger partial charge on any atom is -0.269 e. The van der Waals surface area contributed by atoms with Crippen LogP contribution in [0.15, 0.2) is 22.7 Å². The number of nitrogens with zero attached hydrogens (tertiary/aromatic N) is 1. The van der Waals surface area contributed by atoms with Crippen molar-refractivity contribution in [1.29, 1.82) is 0 Å². The van der Waals surface area contributed by atoms with E-state index in [-0.39, 0.29) is 11.7 Å². The zero-order chi connectivity index (χ0) is 11.9. The molecule has 1 fully saturated rings. The van der Waals surface area contributed by atoms with Crippen LogP contribution in [0, 0.1) is 5.92 Å². The number of hydrogen-bond donors (Lipinski definition) is 0. The Balaban J connectivity index is 2.45. The van der Waals surface area contributed by atoms with Crippen LogP contribution < -0.4 is 4.31 Å². The van der Waals surface area contributed by atoms with Crippen molar-refractivity contribution < 1.29 is 8.42 Å². The highest BCUT2D eigenvalue weighted by atomic mass is 79.9. The molecule has 16 heavy (non-hydrogen) atoms. The fraction of sp³-hybridized carbons (Fsp3) is 0.400. The van der Waals surface area contributed by atoms with E-state index in [0.29, 0.717) is 21.7 Å². The lowest BCUT2D eigenvalue weighted by Gasteiger charge is -2.18. The van der Waals surface area contributed by atoms with Gasteiger partial charge in [0.2, 0.25) is 10.0 Å². The summed E-state index contributed by atoms with van der Waals surface area (Å²) in [7, 11) is -3.16. The summed E-state index contributed by atoms with van der Waals surface area (Å²) >= 11 is 9.16. The number of anilines is 1. The van der Waals surface area contributed by atoms with Gasteiger partial charge < -0.3 is 0 Å². The lowest BCUT2D eigenvalue weighted by atomic mass is 10.2. The SMILES string of the molecule is CC1CN(c2ccc(Cl)cc2Br)S(=O)(=O)C1. The van der Waals surface area contributed by atoms with Crippen LogP contribution in [0.2, 0.25) is 5.02 Å². The van der Waals surface area contributed by atoms with Gasteiger partial charge in [-0.05, 0) is 40.0 Å². The van der Waals surface area contributed by atoms with Gasteiger partial charge in [0, 0.05) is 16.0 Å². The third-order valence-electron chi connectivity index (χ3n) is 2.49. The van der Waals surface area contributed by atoms with E-state index in [0.717, 1.165) is 0 Å². The van der Waals surface area contributed by atoms with Crippen LogP contribution in [0.4, 0.5) is 5.69 Å². The van der Waals surface area contributed by atoms with Crippen molar-refractivity contribution in [2.45, 2.75) is 6.92 Å². The Bertz CT molecular complexity index is 518. The minimum absolute atomic E-state index is 0.160. The average Bonchev–Trinajstić information content (AvgIpc) is 2.39. The molecule has 1 aliphatic rings. The molecule has 1 aromatic carbocycles. The molecule has 0 N–H and O–H groups in total. The van der Waals surface area contributed by atoms with Crippen molar-refractivity contribution in [3.8, 4) is 0 Å². The van der Waals surface area contributed by atoms with Gasteiger partial charge in [0.25, 0.3) is 0 Å². The molecule has 0 spiro atoms. The Labute approximate surface area is 109 Å². The monoisotopic (exact) mass is 323 g/mol. The normalized spacial score (nSPS) is 23.7. The standard InChI is InChI=1S/C10H11BrClNO2S/c1-7-5-13(16(14,15)6-7)10-3-2-8(12)4-9(10)11/h2-4,7H,5-6H2,1H3. The van der Waals surface area contributed by atoms with Crippen LogP contribution in [0.5, 0.6) is 0 Å². The van der Waals surface area contributed by atoms with E-state index in [1.165, 1.54) is 4.31 Å². The molecule has 1 unspecified atom stereocenters. The van der Waals surface area contributed by atoms with Crippen LogP contribution >= 0.6 is 27.5 Å². The number of benzene rings is 1. The van der Waals surface area contributed by atoms with Gasteiger partial charge in [-0.2, -0.15) is 0 Å². The van der Waals surface area contributed by atoms with E-state index >= 15 is 0 Å². The molecule has 0 radical (unpaired) electrons. The minimum atomic E-state index is -3.16. The van der Waals surface area contributed by atoms with E-state index in [2.05, 4.69) is 15.9 Å². The summed E-state index contributed by atoms with van der Waals surface area (Å²) in [6, 6.07) is 5.12. The quantitative estimate of drug-likeness (QED) is 0.796. The zero-order valence-electron chi connectivity index (χ0n) is 8.65. The first-order valence-electron chi connectivity index (χ1n) is 4.85. The maximum atomic E-state index is 11.9. The fourth-order valence-corrected chi connectivity index (χ4v) is 4.79. The van der Waals surface area contributed by atoms with E-state index in [4.69, 9.17) is 11.6 Å². The molecule has 2 rings (SSSR count). The van der Waals surface area contributed by atoms with Crippen molar-refractivity contribution in [1.82, 2.24) is 0 Å². The summed E-state index contributed by atoms with van der Waals surface area (Å²) in [6.45, 7) is 2.46. The summed E-state index contributed by atoms with van der Waals surface area (Å²) in [4.78, 5) is 0. The number of halogens is 2. The van der Waals surface area contributed by atoms with Gasteiger partial charge in [0.05, 0.1) is 11.4 Å². The summed E-state index contributed by atoms with van der Waals surface area (Å²) in [6.07, 6.45) is 0. The number of sulfonamides is 1. The second-order valence-corrected chi connectivity index (χ2v) is 7.24. The zero-order valence-corrected chi connectivity index (χ0v) is 11.8. The van der Waals surface area contributed by atoms with Crippen LogP contribution in [-0.2, 0) is 10.0 Å². The first-order valence-corrected chi connectivity index (χ1v) is 7.63. The second-order valence-electron chi connectivity index (χ2n) is 4.01. The molecule has 3 nitrogen and oxygen atoms in total. The first-order chi connectivity index (χ1) is 7.40. The number of rotatable bonds is 1. The molecule has 88 valence electrons. The second kappa shape index (κ2) is 4.20. The molecule has 0 bridgehead atoms. The molecule has 0 saturated carbocycles. The molecule has 0 aromatic heterocycles. The van der Waals surface area contributed by atoms with Gasteiger partial charge in [-0.25, -0.2) is 8.42 Å². The molecule has 1 aromatic rings. The van der Waals surface area contributed by atoms with Gasteiger partial charge in [0.15, 0.2) is 0 Å². The Kier molecular flexibility index (Phi) is 3.20. The summed E-state index contributed by atoms with van der Waals surface area (Å²) in [5, 5.41) is 0.584. The largest absolute Gasteiger partial charge is 0.269 e. The highest BCUT2D eigenvalue weighted by molar-refractivity contribution is 9.10. The van der Waals surface area contributed by atoms with Gasteiger partial charge in [0.1, 0.15) is 0 Å². The van der Waals surface area contributed by atoms with Crippen molar-refractivity contribution in [3.05, 3.63) is 27.7 Å². The van der Waals surface area contributed by atoms with Gasteiger partial charge in [-0.3, -0.25) is 4.31 Å². The Morgan fingerprint density at radius 1 is 1.50 bits per heavy atom. The van der Waals surface area contributed by atoms with E-state index < -0.39 is 10.0 Å². The third-order valence-corrected chi connectivity index (χ3v) is 5.36. The van der Waals surface area contributed by atoms with Crippen molar-refractivity contribution >= 4 is 43.2 Å². The highest BCUT2D eigenvalue weighted by Gasteiger charge is 2.34. The Morgan fingerprint density at radius 2 is 2.19 bits per heavy atom. The molecule has 1 heterocycles. The third kappa shape index (κ3) is 2.21. The highest BCUT2D eigenvalue weighted by Crippen LogP contribution is 2.34. The predicted molar refractivity (Wildman–Crippen MR) is 69.4 cm³/mol. The van der Waals surface area contributed by atoms with Gasteiger partial charge in [-0.1, -0.05) is 18.5 Å². The average molecular weight is 325 g/mol. The van der Waals surface area contributed by atoms with E-state index in [9.17, 15) is 8.42 Å².